The maximum Gasteiger partial charge on any atom is 0.280 e. The molecule has 0 saturated heterocycles. The molecule has 0 fully saturated rings. The van der Waals surface area contributed by atoms with Crippen LogP contribution in [0.25, 0.3) is 16.9 Å². The molecule has 3 aromatic heterocycles. The van der Waals surface area contributed by atoms with Crippen LogP contribution in [0.4, 0.5) is 5.82 Å². The lowest BCUT2D eigenvalue weighted by molar-refractivity contribution is 0.112. The van der Waals surface area contributed by atoms with Gasteiger partial charge in [-0.3, -0.25) is 14.7 Å². The number of nitrogens with one attached hydrogen (secondary N) is 1. The van der Waals surface area contributed by atoms with Crippen molar-refractivity contribution < 1.29 is 4.79 Å². The first-order valence-corrected chi connectivity index (χ1v) is 6.96. The van der Waals surface area contributed by atoms with E-state index < -0.39 is 0 Å². The van der Waals surface area contributed by atoms with Gasteiger partial charge in [0.05, 0.1) is 5.56 Å². The van der Waals surface area contributed by atoms with Crippen molar-refractivity contribution in [3.8, 4) is 16.9 Å². The summed E-state index contributed by atoms with van der Waals surface area (Å²) in [7, 11) is 3.78. The zero-order valence-electron chi connectivity index (χ0n) is 12.7. The van der Waals surface area contributed by atoms with Gasteiger partial charge in [-0.2, -0.15) is 0 Å². The molecule has 1 N–H and O–H groups in total. The summed E-state index contributed by atoms with van der Waals surface area (Å²) < 4.78 is 1.33. The molecule has 23 heavy (non-hydrogen) atoms. The Bertz CT molecular complexity index is 893. The highest BCUT2D eigenvalue weighted by Crippen LogP contribution is 2.19. The Balaban J connectivity index is 2.03. The first-order valence-electron chi connectivity index (χ1n) is 6.96. The van der Waals surface area contributed by atoms with Crippen LogP contribution in [0.15, 0.2) is 47.7 Å². The third kappa shape index (κ3) is 2.76. The van der Waals surface area contributed by atoms with Gasteiger partial charge in [0.25, 0.3) is 5.56 Å². The zero-order chi connectivity index (χ0) is 16.4. The minimum absolute atomic E-state index is 0.216. The van der Waals surface area contributed by atoms with E-state index in [1.165, 1.54) is 10.9 Å². The van der Waals surface area contributed by atoms with Gasteiger partial charge in [-0.25, -0.2) is 14.6 Å². The standard InChI is InChI=1S/C16H15N5O2/c1-20(2)15-7-12(5-6-17-15)13-9-19-21(16(13)23)14-4-3-11(10-22)8-18-14/h3-10,19H,1-2H3. The number of pyridine rings is 2. The fourth-order valence-electron chi connectivity index (χ4n) is 2.18. The second-order valence-electron chi connectivity index (χ2n) is 5.19. The summed E-state index contributed by atoms with van der Waals surface area (Å²) in [4.78, 5) is 33.5. The average Bonchev–Trinajstić information content (AvgIpc) is 2.96. The maximum atomic E-state index is 12.6. The van der Waals surface area contributed by atoms with Crippen LogP contribution < -0.4 is 10.5 Å². The first-order chi connectivity index (χ1) is 11.1. The van der Waals surface area contributed by atoms with E-state index in [1.54, 1.807) is 30.6 Å². The quantitative estimate of drug-likeness (QED) is 0.738. The molecule has 3 aromatic rings. The van der Waals surface area contributed by atoms with Gasteiger partial charge in [-0.1, -0.05) is 0 Å². The van der Waals surface area contributed by atoms with Gasteiger partial charge in [0.2, 0.25) is 0 Å². The summed E-state index contributed by atoms with van der Waals surface area (Å²) in [6.45, 7) is 0. The summed E-state index contributed by atoms with van der Waals surface area (Å²) in [6.07, 6.45) is 5.43. The summed E-state index contributed by atoms with van der Waals surface area (Å²) in [6, 6.07) is 6.85. The molecule has 7 nitrogen and oxygen atoms in total. The minimum atomic E-state index is -0.216. The Morgan fingerprint density at radius 2 is 2.04 bits per heavy atom. The molecule has 0 unspecified atom stereocenters. The van der Waals surface area contributed by atoms with Crippen molar-refractivity contribution in [2.45, 2.75) is 0 Å². The van der Waals surface area contributed by atoms with Crippen molar-refractivity contribution >= 4 is 12.1 Å². The first kappa shape index (κ1) is 14.7. The van der Waals surface area contributed by atoms with Gasteiger partial charge < -0.3 is 4.90 Å². The van der Waals surface area contributed by atoms with E-state index in [0.29, 0.717) is 23.2 Å². The molecule has 3 rings (SSSR count). The molecule has 0 aromatic carbocycles. The molecule has 7 heteroatoms. The van der Waals surface area contributed by atoms with Crippen molar-refractivity contribution in [2.75, 3.05) is 19.0 Å². The van der Waals surface area contributed by atoms with Crippen LogP contribution >= 0.6 is 0 Å². The lowest BCUT2D eigenvalue weighted by atomic mass is 10.1. The van der Waals surface area contributed by atoms with Crippen molar-refractivity contribution in [3.05, 3.63) is 58.8 Å². The number of aromatic nitrogens is 4. The van der Waals surface area contributed by atoms with Crippen molar-refractivity contribution in [3.63, 3.8) is 0 Å². The lowest BCUT2D eigenvalue weighted by Gasteiger charge is -2.11. The van der Waals surface area contributed by atoms with Crippen LogP contribution in [0.3, 0.4) is 0 Å². The maximum absolute atomic E-state index is 12.6. The highest BCUT2D eigenvalue weighted by atomic mass is 16.1. The zero-order valence-corrected chi connectivity index (χ0v) is 12.7. The molecule has 0 radical (unpaired) electrons. The molecule has 0 saturated carbocycles. The Kier molecular flexibility index (Phi) is 3.76. The smallest absolute Gasteiger partial charge is 0.280 e. The van der Waals surface area contributed by atoms with E-state index >= 15 is 0 Å². The van der Waals surface area contributed by atoms with Crippen LogP contribution in [0.5, 0.6) is 0 Å². The highest BCUT2D eigenvalue weighted by Gasteiger charge is 2.12. The van der Waals surface area contributed by atoms with E-state index in [4.69, 9.17) is 0 Å². The summed E-state index contributed by atoms with van der Waals surface area (Å²) in [5.74, 6) is 1.19. The monoisotopic (exact) mass is 309 g/mol. The Morgan fingerprint density at radius 3 is 2.70 bits per heavy atom. The molecular formula is C16H15N5O2. The molecule has 0 aliphatic rings. The van der Waals surface area contributed by atoms with Crippen LogP contribution in [-0.4, -0.2) is 40.1 Å². The molecule has 0 aliphatic carbocycles. The third-order valence-corrected chi connectivity index (χ3v) is 3.42. The van der Waals surface area contributed by atoms with Crippen molar-refractivity contribution in [1.82, 2.24) is 19.7 Å². The van der Waals surface area contributed by atoms with E-state index in [9.17, 15) is 9.59 Å². The Hall–Kier alpha value is -3.22. The van der Waals surface area contributed by atoms with Crippen molar-refractivity contribution in [2.24, 2.45) is 0 Å². The second-order valence-corrected chi connectivity index (χ2v) is 5.19. The number of nitrogens with zero attached hydrogens (tertiary/aromatic N) is 4. The van der Waals surface area contributed by atoms with Gasteiger partial charge in [0.1, 0.15) is 5.82 Å². The predicted octanol–water partition coefficient (Wildman–Crippen LogP) is 1.50. The number of rotatable bonds is 4. The number of hydrogen-bond donors (Lipinski definition) is 1. The molecule has 3 heterocycles. The Labute approximate surface area is 132 Å². The Morgan fingerprint density at radius 1 is 1.22 bits per heavy atom. The van der Waals surface area contributed by atoms with Crippen LogP contribution in [0, 0.1) is 0 Å². The van der Waals surface area contributed by atoms with Crippen LogP contribution in [0.2, 0.25) is 0 Å². The molecular weight excluding hydrogens is 294 g/mol. The van der Waals surface area contributed by atoms with Crippen LogP contribution in [-0.2, 0) is 0 Å². The predicted molar refractivity (Wildman–Crippen MR) is 87.1 cm³/mol. The largest absolute Gasteiger partial charge is 0.363 e. The van der Waals surface area contributed by atoms with Gasteiger partial charge >= 0.3 is 0 Å². The minimum Gasteiger partial charge on any atom is -0.363 e. The van der Waals surface area contributed by atoms with Gasteiger partial charge in [0.15, 0.2) is 12.1 Å². The third-order valence-electron chi connectivity index (χ3n) is 3.42. The number of aromatic amines is 1. The van der Waals surface area contributed by atoms with E-state index in [1.807, 2.05) is 25.1 Å². The van der Waals surface area contributed by atoms with Crippen LogP contribution in [0.1, 0.15) is 10.4 Å². The SMILES string of the molecule is CN(C)c1cc(-c2c[nH]n(-c3ccc(C=O)cn3)c2=O)ccn1. The van der Waals surface area contributed by atoms with Gasteiger partial charge in [-0.05, 0) is 29.8 Å². The number of H-pyrrole nitrogens is 1. The fraction of sp³-hybridized carbons (Fsp3) is 0.125. The number of hydrogen-bond acceptors (Lipinski definition) is 5. The molecule has 0 spiro atoms. The number of carbonyl (C=O) groups excluding carboxylic acids is 1. The summed E-state index contributed by atoms with van der Waals surface area (Å²) in [5.41, 5.74) is 1.54. The summed E-state index contributed by atoms with van der Waals surface area (Å²) in [5, 5.41) is 2.89. The van der Waals surface area contributed by atoms with Crippen molar-refractivity contribution in [1.29, 1.82) is 0 Å². The molecule has 0 amide bonds. The number of aldehydes is 1. The number of anilines is 1. The van der Waals surface area contributed by atoms with E-state index in [0.717, 1.165) is 11.4 Å². The van der Waals surface area contributed by atoms with E-state index in [-0.39, 0.29) is 5.56 Å². The molecule has 0 atom stereocenters. The van der Waals surface area contributed by atoms with Gasteiger partial charge in [-0.15, -0.1) is 0 Å². The molecule has 0 bridgehead atoms. The number of carbonyl (C=O) groups is 1. The second kappa shape index (κ2) is 5.88. The topological polar surface area (TPSA) is 83.9 Å². The molecule has 0 aliphatic heterocycles. The average molecular weight is 309 g/mol. The fourth-order valence-corrected chi connectivity index (χ4v) is 2.18. The summed E-state index contributed by atoms with van der Waals surface area (Å²) >= 11 is 0. The molecule has 116 valence electrons. The van der Waals surface area contributed by atoms with E-state index in [2.05, 4.69) is 15.1 Å². The highest BCUT2D eigenvalue weighted by molar-refractivity contribution is 5.74. The normalized spacial score (nSPS) is 10.5. The lowest BCUT2D eigenvalue weighted by Crippen LogP contribution is -2.17. The van der Waals surface area contributed by atoms with Gasteiger partial charge in [0, 0.05) is 38.2 Å².